The smallest absolute Gasteiger partial charge is 0.317 e. The molecule has 168 valence electrons. The van der Waals surface area contributed by atoms with Crippen LogP contribution in [0.15, 0.2) is 24.3 Å². The Bertz CT molecular complexity index is 820. The van der Waals surface area contributed by atoms with E-state index in [2.05, 4.69) is 13.5 Å². The Morgan fingerprint density at radius 3 is 2.32 bits per heavy atom. The maximum atomic E-state index is 14.0. The van der Waals surface area contributed by atoms with Gasteiger partial charge >= 0.3 is 5.97 Å². The number of benzene rings is 1. The number of carbonyl (C=O) groups is 1. The average molecular weight is 430 g/mol. The SMILES string of the molecule is C=C(CC)CCC1CCC(C2(C(=O)Oc3cc(F)c(C#N)c(F)c3)CCCCC2)CC1. The largest absolute Gasteiger partial charge is 0.426 e. The molecule has 0 radical (unpaired) electrons. The van der Waals surface area contributed by atoms with Gasteiger partial charge in [-0.2, -0.15) is 5.26 Å². The third-order valence-corrected chi connectivity index (χ3v) is 7.52. The van der Waals surface area contributed by atoms with Gasteiger partial charge in [-0.3, -0.25) is 4.79 Å². The molecule has 3 rings (SSSR count). The van der Waals surface area contributed by atoms with Crippen LogP contribution in [0, 0.1) is 40.2 Å². The summed E-state index contributed by atoms with van der Waals surface area (Å²) in [4.78, 5) is 13.4. The number of esters is 1. The number of carbonyl (C=O) groups excluding carboxylic acids is 1. The molecule has 0 amide bonds. The van der Waals surface area contributed by atoms with Gasteiger partial charge < -0.3 is 4.74 Å². The van der Waals surface area contributed by atoms with E-state index in [1.807, 2.05) is 0 Å². The van der Waals surface area contributed by atoms with Gasteiger partial charge in [-0.1, -0.05) is 51.2 Å². The minimum atomic E-state index is -1.00. The van der Waals surface area contributed by atoms with Crippen LogP contribution in [0.5, 0.6) is 5.75 Å². The molecule has 1 aromatic carbocycles. The Kier molecular flexibility index (Phi) is 7.86. The summed E-state index contributed by atoms with van der Waals surface area (Å²) in [6.45, 7) is 6.25. The fraction of sp³-hybridized carbons (Fsp3) is 0.615. The normalized spacial score (nSPS) is 23.0. The van der Waals surface area contributed by atoms with Crippen molar-refractivity contribution in [1.29, 1.82) is 5.26 Å². The Labute approximate surface area is 184 Å². The van der Waals surface area contributed by atoms with Crippen molar-refractivity contribution in [2.24, 2.45) is 17.3 Å². The third kappa shape index (κ3) is 5.34. The molecule has 0 atom stereocenters. The van der Waals surface area contributed by atoms with Gasteiger partial charge in [0.15, 0.2) is 0 Å². The van der Waals surface area contributed by atoms with Crippen LogP contribution in [0.4, 0.5) is 8.78 Å². The maximum Gasteiger partial charge on any atom is 0.317 e. The molecule has 0 bridgehead atoms. The number of ether oxygens (including phenoxy) is 1. The first kappa shape index (κ1) is 23.4. The fourth-order valence-corrected chi connectivity index (χ4v) is 5.47. The fourth-order valence-electron chi connectivity index (χ4n) is 5.47. The minimum absolute atomic E-state index is 0.157. The number of hydrogen-bond acceptors (Lipinski definition) is 3. The lowest BCUT2D eigenvalue weighted by Gasteiger charge is -2.44. The maximum absolute atomic E-state index is 14.0. The van der Waals surface area contributed by atoms with Crippen LogP contribution in [0.3, 0.4) is 0 Å². The summed E-state index contributed by atoms with van der Waals surface area (Å²) >= 11 is 0. The van der Waals surface area contributed by atoms with Crippen LogP contribution in [0.1, 0.15) is 89.5 Å². The topological polar surface area (TPSA) is 50.1 Å². The standard InChI is InChI=1S/C26H33F2NO2/c1-3-18(2)7-8-19-9-11-20(12-10-19)26(13-5-4-6-14-26)25(30)31-21-15-23(27)22(17-29)24(28)16-21/h15-16,19-20H,2-14H2,1H3. The zero-order valence-electron chi connectivity index (χ0n) is 18.5. The van der Waals surface area contributed by atoms with E-state index in [1.54, 1.807) is 0 Å². The monoisotopic (exact) mass is 429 g/mol. The molecule has 0 heterocycles. The molecule has 3 nitrogen and oxygen atoms in total. The number of halogens is 2. The molecular formula is C26H33F2NO2. The number of allylic oxidation sites excluding steroid dienone is 1. The van der Waals surface area contributed by atoms with E-state index in [1.165, 1.54) is 18.1 Å². The summed E-state index contributed by atoms with van der Waals surface area (Å²) in [6, 6.07) is 3.37. The van der Waals surface area contributed by atoms with E-state index in [-0.39, 0.29) is 17.6 Å². The Morgan fingerprint density at radius 2 is 1.77 bits per heavy atom. The number of hydrogen-bond donors (Lipinski definition) is 0. The lowest BCUT2D eigenvalue weighted by molar-refractivity contribution is -0.153. The molecule has 0 unspecified atom stereocenters. The summed E-state index contributed by atoms with van der Waals surface area (Å²) in [5, 5.41) is 8.85. The number of nitriles is 1. The van der Waals surface area contributed by atoms with E-state index >= 15 is 0 Å². The quantitative estimate of drug-likeness (QED) is 0.261. The first-order valence-corrected chi connectivity index (χ1v) is 11.7. The van der Waals surface area contributed by atoms with Crippen LogP contribution in [-0.4, -0.2) is 5.97 Å². The van der Waals surface area contributed by atoms with Gasteiger partial charge in [0.1, 0.15) is 29.0 Å². The molecule has 0 spiro atoms. The van der Waals surface area contributed by atoms with E-state index in [0.717, 1.165) is 82.8 Å². The predicted molar refractivity (Wildman–Crippen MR) is 116 cm³/mol. The average Bonchev–Trinajstić information content (AvgIpc) is 2.78. The molecule has 2 saturated carbocycles. The van der Waals surface area contributed by atoms with Crippen molar-refractivity contribution in [2.75, 3.05) is 0 Å². The second-order valence-corrected chi connectivity index (χ2v) is 9.34. The zero-order chi connectivity index (χ0) is 22.4. The van der Waals surface area contributed by atoms with Crippen molar-refractivity contribution >= 4 is 5.97 Å². The Hall–Kier alpha value is -2.22. The first-order valence-electron chi connectivity index (χ1n) is 11.7. The highest BCUT2D eigenvalue weighted by molar-refractivity contribution is 5.79. The zero-order valence-corrected chi connectivity index (χ0v) is 18.5. The molecule has 5 heteroatoms. The number of rotatable bonds is 7. The molecule has 31 heavy (non-hydrogen) atoms. The van der Waals surface area contributed by atoms with Gasteiger partial charge in [0.25, 0.3) is 0 Å². The molecule has 2 fully saturated rings. The van der Waals surface area contributed by atoms with Gasteiger partial charge in [0, 0.05) is 12.1 Å². The Balaban J connectivity index is 1.70. The highest BCUT2D eigenvalue weighted by atomic mass is 19.1. The van der Waals surface area contributed by atoms with Gasteiger partial charge in [-0.25, -0.2) is 8.78 Å². The third-order valence-electron chi connectivity index (χ3n) is 7.52. The van der Waals surface area contributed by atoms with E-state index < -0.39 is 22.6 Å². The lowest BCUT2D eigenvalue weighted by atomic mass is 9.60. The molecule has 0 saturated heterocycles. The molecule has 0 N–H and O–H groups in total. The van der Waals surface area contributed by atoms with Gasteiger partial charge in [-0.05, 0) is 56.8 Å². The summed E-state index contributed by atoms with van der Waals surface area (Å²) in [7, 11) is 0. The second kappa shape index (κ2) is 10.4. The molecule has 2 aliphatic carbocycles. The first-order chi connectivity index (χ1) is 14.9. The van der Waals surface area contributed by atoms with Crippen LogP contribution >= 0.6 is 0 Å². The van der Waals surface area contributed by atoms with Gasteiger partial charge in [0.2, 0.25) is 0 Å². The molecule has 2 aliphatic rings. The predicted octanol–water partition coefficient (Wildman–Crippen LogP) is 7.25. The van der Waals surface area contributed by atoms with Crippen LogP contribution < -0.4 is 4.74 Å². The van der Waals surface area contributed by atoms with Crippen LogP contribution in [-0.2, 0) is 4.79 Å². The number of nitrogens with zero attached hydrogens (tertiary/aromatic N) is 1. The molecule has 0 aromatic heterocycles. The van der Waals surface area contributed by atoms with Crippen molar-refractivity contribution in [3.63, 3.8) is 0 Å². The van der Waals surface area contributed by atoms with Gasteiger partial charge in [-0.15, -0.1) is 0 Å². The highest BCUT2D eigenvalue weighted by Gasteiger charge is 2.48. The lowest BCUT2D eigenvalue weighted by Crippen LogP contribution is -2.44. The van der Waals surface area contributed by atoms with Crippen molar-refractivity contribution in [2.45, 2.75) is 84.0 Å². The summed E-state index contributed by atoms with van der Waals surface area (Å²) in [5.41, 5.74) is 0.0736. The van der Waals surface area contributed by atoms with Crippen molar-refractivity contribution in [1.82, 2.24) is 0 Å². The molecular weight excluding hydrogens is 396 g/mol. The van der Waals surface area contributed by atoms with E-state index in [9.17, 15) is 13.6 Å². The van der Waals surface area contributed by atoms with Gasteiger partial charge in [0.05, 0.1) is 5.41 Å². The summed E-state index contributed by atoms with van der Waals surface area (Å²) in [6.07, 6.45) is 12.1. The summed E-state index contributed by atoms with van der Waals surface area (Å²) < 4.78 is 33.5. The van der Waals surface area contributed by atoms with E-state index in [0.29, 0.717) is 5.92 Å². The van der Waals surface area contributed by atoms with E-state index in [4.69, 9.17) is 10.00 Å². The minimum Gasteiger partial charge on any atom is -0.426 e. The second-order valence-electron chi connectivity index (χ2n) is 9.34. The van der Waals surface area contributed by atoms with Crippen molar-refractivity contribution < 1.29 is 18.3 Å². The molecule has 0 aliphatic heterocycles. The van der Waals surface area contributed by atoms with Crippen molar-refractivity contribution in [3.05, 3.63) is 41.5 Å². The Morgan fingerprint density at radius 1 is 1.16 bits per heavy atom. The highest BCUT2D eigenvalue weighted by Crippen LogP contribution is 2.50. The van der Waals surface area contributed by atoms with Crippen LogP contribution in [0.25, 0.3) is 0 Å². The summed E-state index contributed by atoms with van der Waals surface area (Å²) in [5.74, 6) is -1.60. The van der Waals surface area contributed by atoms with Crippen molar-refractivity contribution in [3.8, 4) is 11.8 Å². The molecule has 1 aromatic rings. The van der Waals surface area contributed by atoms with Crippen LogP contribution in [0.2, 0.25) is 0 Å².